The smallest absolute Gasteiger partial charge is 0.399 e. The van der Waals surface area contributed by atoms with E-state index >= 15 is 0 Å². The highest BCUT2D eigenvalue weighted by molar-refractivity contribution is 7.89. The Hall–Kier alpha value is -3.04. The van der Waals surface area contributed by atoms with E-state index in [1.165, 1.54) is 36.9 Å². The Balaban J connectivity index is 1.44. The molecule has 3 aromatic rings. The van der Waals surface area contributed by atoms with Crippen LogP contribution in [-0.2, 0) is 28.9 Å². The second-order valence-corrected chi connectivity index (χ2v) is 13.0. The zero-order chi connectivity index (χ0) is 28.6. The van der Waals surface area contributed by atoms with Crippen molar-refractivity contribution in [2.45, 2.75) is 44.9 Å². The molecule has 39 heavy (non-hydrogen) atoms. The molecular weight excluding hydrogens is 543 g/mol. The third-order valence-corrected chi connectivity index (χ3v) is 8.46. The van der Waals surface area contributed by atoms with Gasteiger partial charge in [-0.15, -0.1) is 11.3 Å². The van der Waals surface area contributed by atoms with Crippen molar-refractivity contribution in [2.75, 3.05) is 25.3 Å². The van der Waals surface area contributed by atoms with Crippen molar-refractivity contribution in [1.29, 1.82) is 0 Å². The monoisotopic (exact) mass is 574 g/mol. The van der Waals surface area contributed by atoms with Crippen molar-refractivity contribution >= 4 is 50.9 Å². The van der Waals surface area contributed by atoms with Gasteiger partial charge >= 0.3 is 7.12 Å². The van der Waals surface area contributed by atoms with Gasteiger partial charge in [-0.3, -0.25) is 13.6 Å². The van der Waals surface area contributed by atoms with Crippen LogP contribution in [0.2, 0.25) is 0 Å². The molecule has 0 radical (unpaired) electrons. The molecule has 0 aliphatic carbocycles. The lowest BCUT2D eigenvalue weighted by Crippen LogP contribution is -2.46. The van der Waals surface area contributed by atoms with Gasteiger partial charge in [-0.25, -0.2) is 13.4 Å². The number of rotatable bonds is 9. The summed E-state index contributed by atoms with van der Waals surface area (Å²) in [4.78, 5) is 30.1. The van der Waals surface area contributed by atoms with Gasteiger partial charge in [0.1, 0.15) is 6.04 Å². The average molecular weight is 574 g/mol. The van der Waals surface area contributed by atoms with Gasteiger partial charge in [0.15, 0.2) is 5.13 Å². The van der Waals surface area contributed by atoms with Gasteiger partial charge < -0.3 is 24.7 Å². The van der Waals surface area contributed by atoms with E-state index in [1.54, 1.807) is 0 Å². The lowest BCUT2D eigenvalue weighted by atomic mass is 9.78. The van der Waals surface area contributed by atoms with E-state index in [0.29, 0.717) is 10.8 Å². The number of hydrogen-bond donors (Lipinski definition) is 2. The van der Waals surface area contributed by atoms with Gasteiger partial charge in [-0.05, 0) is 39.2 Å². The second-order valence-electron chi connectivity index (χ2n) is 10.2. The minimum atomic E-state index is -3.54. The molecule has 1 aromatic carbocycles. The Labute approximate surface area is 232 Å². The highest BCUT2D eigenvalue weighted by Crippen LogP contribution is 2.36. The lowest BCUT2D eigenvalue weighted by Gasteiger charge is -2.32. The molecule has 2 amide bonds. The van der Waals surface area contributed by atoms with Gasteiger partial charge in [0.25, 0.3) is 11.8 Å². The number of aromatic nitrogens is 2. The molecule has 208 valence electrons. The number of amides is 2. The molecule has 4 rings (SSSR count). The first-order chi connectivity index (χ1) is 18.2. The van der Waals surface area contributed by atoms with E-state index in [-0.39, 0.29) is 12.2 Å². The first-order valence-corrected chi connectivity index (χ1v) is 14.8. The van der Waals surface area contributed by atoms with Crippen LogP contribution in [0.1, 0.15) is 38.1 Å². The van der Waals surface area contributed by atoms with Crippen molar-refractivity contribution < 1.29 is 32.1 Å². The summed E-state index contributed by atoms with van der Waals surface area (Å²) in [5.41, 5.74) is 1.51. The van der Waals surface area contributed by atoms with Crippen LogP contribution in [0, 0.1) is 0 Å². The molecule has 1 fully saturated rings. The Kier molecular flexibility index (Phi) is 8.06. The van der Waals surface area contributed by atoms with E-state index in [4.69, 9.17) is 14.0 Å². The first-order valence-electron chi connectivity index (χ1n) is 12.1. The highest BCUT2D eigenvalue weighted by Gasteiger charge is 2.51. The Morgan fingerprint density at radius 2 is 1.87 bits per heavy atom. The lowest BCUT2D eigenvalue weighted by molar-refractivity contribution is -0.119. The second kappa shape index (κ2) is 10.9. The van der Waals surface area contributed by atoms with Crippen LogP contribution in [0.25, 0.3) is 11.3 Å². The average Bonchev–Trinajstić information content (AvgIpc) is 3.57. The maximum atomic E-state index is 13.0. The molecule has 1 saturated heterocycles. The van der Waals surface area contributed by atoms with Crippen molar-refractivity contribution in [2.24, 2.45) is 0 Å². The number of hydrogen-bond acceptors (Lipinski definition) is 9. The fraction of sp³-hybridized carbons (Fsp3) is 0.400. The predicted octanol–water partition coefficient (Wildman–Crippen LogP) is 2.10. The fourth-order valence-electron chi connectivity index (χ4n) is 3.79. The van der Waals surface area contributed by atoms with Gasteiger partial charge in [-0.2, -0.15) is 0 Å². The minimum absolute atomic E-state index is 0.0905. The summed E-state index contributed by atoms with van der Waals surface area (Å²) < 4.78 is 41.7. The SMILES string of the molecule is COCC(NC(=O)c1ccn(S(C)(=O)=O)c1)C(=O)Nc1nc(-c2cccc(B3OC(C)(C)C(C)(C)O3)c2)cs1. The van der Waals surface area contributed by atoms with E-state index in [9.17, 15) is 18.0 Å². The van der Waals surface area contributed by atoms with Crippen molar-refractivity contribution in [3.05, 3.63) is 53.7 Å². The molecule has 11 nitrogen and oxygen atoms in total. The topological polar surface area (TPSA) is 138 Å². The van der Waals surface area contributed by atoms with Crippen LogP contribution in [-0.4, -0.2) is 73.5 Å². The Morgan fingerprint density at radius 1 is 1.18 bits per heavy atom. The van der Waals surface area contributed by atoms with Crippen LogP contribution in [0.5, 0.6) is 0 Å². The number of carbonyl (C=O) groups is 2. The largest absolute Gasteiger partial charge is 0.494 e. The molecule has 1 aliphatic heterocycles. The van der Waals surface area contributed by atoms with Gasteiger partial charge in [0.05, 0.1) is 35.3 Å². The predicted molar refractivity (Wildman–Crippen MR) is 150 cm³/mol. The van der Waals surface area contributed by atoms with Gasteiger partial charge in [0.2, 0.25) is 10.0 Å². The summed E-state index contributed by atoms with van der Waals surface area (Å²) in [7, 11) is -2.65. The molecule has 1 atom stereocenters. The normalized spacial score (nSPS) is 17.1. The highest BCUT2D eigenvalue weighted by atomic mass is 32.2. The molecule has 1 unspecified atom stereocenters. The molecule has 3 heterocycles. The van der Waals surface area contributed by atoms with Gasteiger partial charge in [-0.1, -0.05) is 24.3 Å². The van der Waals surface area contributed by atoms with E-state index < -0.39 is 46.2 Å². The van der Waals surface area contributed by atoms with Gasteiger partial charge in [0, 0.05) is 30.4 Å². The molecule has 2 N–H and O–H groups in total. The summed E-state index contributed by atoms with van der Waals surface area (Å²) in [6.07, 6.45) is 3.46. The quantitative estimate of drug-likeness (QED) is 0.371. The van der Waals surface area contributed by atoms with Crippen LogP contribution in [0.15, 0.2) is 48.1 Å². The fourth-order valence-corrected chi connectivity index (χ4v) is 5.10. The van der Waals surface area contributed by atoms with E-state index in [2.05, 4.69) is 15.6 Å². The zero-order valence-electron chi connectivity index (χ0n) is 22.5. The van der Waals surface area contributed by atoms with Crippen LogP contribution in [0.4, 0.5) is 5.13 Å². The van der Waals surface area contributed by atoms with Crippen molar-refractivity contribution in [3.8, 4) is 11.3 Å². The van der Waals surface area contributed by atoms with E-state index in [1.807, 2.05) is 57.3 Å². The summed E-state index contributed by atoms with van der Waals surface area (Å²) in [5.74, 6) is -1.14. The number of nitrogens with zero attached hydrogens (tertiary/aromatic N) is 2. The number of ether oxygens (including phenoxy) is 1. The third-order valence-electron chi connectivity index (χ3n) is 6.71. The molecule has 0 saturated carbocycles. The number of thiazole rings is 1. The number of nitrogens with one attached hydrogen (secondary N) is 2. The first kappa shape index (κ1) is 29.0. The third kappa shape index (κ3) is 6.41. The summed E-state index contributed by atoms with van der Waals surface area (Å²) in [5, 5.41) is 7.45. The number of benzene rings is 1. The molecule has 0 bridgehead atoms. The van der Waals surface area contributed by atoms with Crippen molar-refractivity contribution in [3.63, 3.8) is 0 Å². The summed E-state index contributed by atoms with van der Waals surface area (Å²) in [6, 6.07) is 7.99. The van der Waals surface area contributed by atoms with Crippen LogP contribution >= 0.6 is 11.3 Å². The molecule has 0 spiro atoms. The Bertz CT molecular complexity index is 1470. The Morgan fingerprint density at radius 3 is 2.49 bits per heavy atom. The minimum Gasteiger partial charge on any atom is -0.399 e. The molecule has 1 aliphatic rings. The molecule has 14 heteroatoms. The summed E-state index contributed by atoms with van der Waals surface area (Å²) >= 11 is 1.24. The maximum absolute atomic E-state index is 13.0. The van der Waals surface area contributed by atoms with E-state index in [0.717, 1.165) is 21.3 Å². The zero-order valence-corrected chi connectivity index (χ0v) is 24.2. The molecular formula is C25H31BN4O7S2. The number of anilines is 1. The van der Waals surface area contributed by atoms with Crippen LogP contribution in [0.3, 0.4) is 0 Å². The molecule has 2 aromatic heterocycles. The maximum Gasteiger partial charge on any atom is 0.494 e. The standard InChI is InChI=1S/C25H31BN4O7S2/c1-24(2)25(3,4)37-26(36-24)18-9-7-8-16(12-18)20-15-38-23(28-20)29-22(32)19(14-35-5)27-21(31)17-10-11-30(13-17)39(6,33)34/h7-13,15,19H,14H2,1-6H3,(H,27,31)(H,28,29,32). The van der Waals surface area contributed by atoms with Crippen LogP contribution < -0.4 is 16.1 Å². The summed E-state index contributed by atoms with van der Waals surface area (Å²) in [6.45, 7) is 7.89. The van der Waals surface area contributed by atoms with Crippen molar-refractivity contribution in [1.82, 2.24) is 14.3 Å². The number of carbonyl (C=O) groups excluding carboxylic acids is 2. The number of methoxy groups -OCH3 is 1.